The molecule has 0 aliphatic rings. The molecule has 0 radical (unpaired) electrons. The Bertz CT molecular complexity index is 793. The van der Waals surface area contributed by atoms with Gasteiger partial charge in [-0.25, -0.2) is 0 Å². The van der Waals surface area contributed by atoms with Crippen LogP contribution in [0.5, 0.6) is 11.5 Å². The average molecular weight is 339 g/mol. The molecule has 0 saturated carbocycles. The topological polar surface area (TPSA) is 110 Å². The molecule has 1 aromatic carbocycles. The number of ether oxygens (including phenoxy) is 2. The van der Waals surface area contributed by atoms with E-state index in [1.807, 2.05) is 0 Å². The van der Waals surface area contributed by atoms with Crippen LogP contribution in [0, 0.1) is 9.54 Å². The van der Waals surface area contributed by atoms with Crippen LogP contribution in [-0.4, -0.2) is 40.7 Å². The fourth-order valence-electron chi connectivity index (χ4n) is 1.57. The molecule has 0 bridgehead atoms. The molecule has 1 amide bonds. The zero-order chi connectivity index (χ0) is 16.1. The monoisotopic (exact) mass is 339 g/mol. The smallest absolute Gasteiger partial charge is 0.255 e. The van der Waals surface area contributed by atoms with Crippen molar-refractivity contribution in [2.24, 2.45) is 10.8 Å². The molecule has 2 aromatic rings. The quantitative estimate of drug-likeness (QED) is 0.544. The number of methoxy groups -OCH3 is 1. The third-order valence-corrected chi connectivity index (χ3v) is 3.09. The van der Waals surface area contributed by atoms with Crippen molar-refractivity contribution in [3.8, 4) is 11.5 Å². The summed E-state index contributed by atoms with van der Waals surface area (Å²) in [5.74, 6) is 0.297. The number of primary amides is 1. The highest BCUT2D eigenvalue weighted by atomic mass is 32.1. The van der Waals surface area contributed by atoms with Crippen LogP contribution in [0.15, 0.2) is 23.3 Å². The Labute approximate surface area is 135 Å². The highest BCUT2D eigenvalue weighted by molar-refractivity contribution is 7.72. The number of carbonyl (C=O) groups excluding carboxylic acids is 1. The van der Waals surface area contributed by atoms with Gasteiger partial charge in [-0.15, -0.1) is 0 Å². The molecule has 1 aromatic heterocycles. The van der Waals surface area contributed by atoms with Crippen LogP contribution in [0.3, 0.4) is 0 Å². The Morgan fingerprint density at radius 1 is 1.36 bits per heavy atom. The van der Waals surface area contributed by atoms with Crippen LogP contribution in [0.4, 0.5) is 0 Å². The summed E-state index contributed by atoms with van der Waals surface area (Å²) in [6.07, 6.45) is 1.56. The number of carbonyl (C=O) groups is 1. The predicted molar refractivity (Wildman–Crippen MR) is 85.5 cm³/mol. The summed E-state index contributed by atoms with van der Waals surface area (Å²) >= 11 is 10.0. The first-order valence-corrected chi connectivity index (χ1v) is 6.86. The first-order chi connectivity index (χ1) is 10.5. The third kappa shape index (κ3) is 3.80. The van der Waals surface area contributed by atoms with E-state index >= 15 is 0 Å². The first kappa shape index (κ1) is 15.9. The van der Waals surface area contributed by atoms with E-state index in [2.05, 4.69) is 15.3 Å². The van der Waals surface area contributed by atoms with Crippen molar-refractivity contribution in [3.05, 3.63) is 33.3 Å². The summed E-state index contributed by atoms with van der Waals surface area (Å²) in [5, 5.41) is 9.52. The Hall–Kier alpha value is -2.46. The second kappa shape index (κ2) is 7.00. The van der Waals surface area contributed by atoms with E-state index in [-0.39, 0.29) is 6.61 Å². The lowest BCUT2D eigenvalue weighted by atomic mass is 10.2. The number of amides is 1. The molecule has 0 atom stereocenters. The average Bonchev–Trinajstić information content (AvgIpc) is 2.82. The van der Waals surface area contributed by atoms with Gasteiger partial charge in [-0.05, 0) is 48.2 Å². The summed E-state index contributed by atoms with van der Waals surface area (Å²) in [6.45, 7) is -0.225. The summed E-state index contributed by atoms with van der Waals surface area (Å²) < 4.78 is 12.5. The maximum atomic E-state index is 10.7. The molecule has 2 rings (SSSR count). The van der Waals surface area contributed by atoms with E-state index in [4.69, 9.17) is 39.6 Å². The number of nitrogens with zero attached hydrogens (tertiary/aromatic N) is 2. The molecule has 0 saturated heterocycles. The minimum absolute atomic E-state index is 0.225. The third-order valence-electron chi connectivity index (χ3n) is 2.54. The number of rotatable bonds is 6. The van der Waals surface area contributed by atoms with Gasteiger partial charge >= 0.3 is 0 Å². The van der Waals surface area contributed by atoms with Gasteiger partial charge in [0.15, 0.2) is 18.1 Å². The number of nitrogens with one attached hydrogen (secondary N) is 2. The minimum atomic E-state index is -0.566. The van der Waals surface area contributed by atoms with Gasteiger partial charge < -0.3 is 15.2 Å². The first-order valence-electron chi connectivity index (χ1n) is 6.04. The van der Waals surface area contributed by atoms with Crippen LogP contribution < -0.4 is 15.2 Å². The standard InChI is InChI=1S/C12H13N5O3S2/c1-19-9-4-7(2-3-8(9)20-6-10(13)18)5-14-17-11(21)15-16-12(17)22/h2-5H,6H2,1H3,(H2,13,18)(H,15,21)(H,16,22)/b14-5-. The largest absolute Gasteiger partial charge is 0.493 e. The van der Waals surface area contributed by atoms with Crippen molar-refractivity contribution in [1.82, 2.24) is 14.9 Å². The number of aromatic nitrogens is 3. The second-order valence-corrected chi connectivity index (χ2v) is 4.86. The molecule has 10 heteroatoms. The fourth-order valence-corrected chi connectivity index (χ4v) is 2.00. The maximum Gasteiger partial charge on any atom is 0.255 e. The van der Waals surface area contributed by atoms with Gasteiger partial charge in [-0.3, -0.25) is 15.0 Å². The molecule has 22 heavy (non-hydrogen) atoms. The van der Waals surface area contributed by atoms with Crippen molar-refractivity contribution in [1.29, 1.82) is 0 Å². The lowest BCUT2D eigenvalue weighted by Crippen LogP contribution is -2.20. The summed E-state index contributed by atoms with van der Waals surface area (Å²) in [6, 6.07) is 5.09. The van der Waals surface area contributed by atoms with Crippen molar-refractivity contribution in [2.75, 3.05) is 13.7 Å². The highest BCUT2D eigenvalue weighted by Crippen LogP contribution is 2.27. The van der Waals surface area contributed by atoms with E-state index < -0.39 is 5.91 Å². The van der Waals surface area contributed by atoms with Crippen LogP contribution in [0.2, 0.25) is 0 Å². The van der Waals surface area contributed by atoms with Gasteiger partial charge in [-0.2, -0.15) is 9.78 Å². The van der Waals surface area contributed by atoms with E-state index in [1.165, 1.54) is 11.8 Å². The Morgan fingerprint density at radius 2 is 2.05 bits per heavy atom. The molecule has 0 aliphatic carbocycles. The predicted octanol–water partition coefficient (Wildman–Crippen LogP) is 1.36. The molecule has 0 unspecified atom stereocenters. The van der Waals surface area contributed by atoms with Crippen LogP contribution in [-0.2, 0) is 4.79 Å². The van der Waals surface area contributed by atoms with Gasteiger partial charge in [0, 0.05) is 0 Å². The van der Waals surface area contributed by atoms with Crippen molar-refractivity contribution in [2.45, 2.75) is 0 Å². The van der Waals surface area contributed by atoms with E-state index in [0.717, 1.165) is 5.56 Å². The number of nitrogens with two attached hydrogens (primary N) is 1. The summed E-state index contributed by atoms with van der Waals surface area (Å²) in [7, 11) is 1.49. The Balaban J connectivity index is 2.24. The zero-order valence-corrected chi connectivity index (χ0v) is 13.2. The van der Waals surface area contributed by atoms with Gasteiger partial charge in [0.25, 0.3) is 5.91 Å². The van der Waals surface area contributed by atoms with Gasteiger partial charge in [0.05, 0.1) is 13.3 Å². The van der Waals surface area contributed by atoms with Gasteiger partial charge in [0.2, 0.25) is 9.54 Å². The molecule has 0 aliphatic heterocycles. The number of hydrogen-bond donors (Lipinski definition) is 3. The van der Waals surface area contributed by atoms with Crippen molar-refractivity contribution < 1.29 is 14.3 Å². The Kier molecular flexibility index (Phi) is 5.07. The fraction of sp³-hybridized carbons (Fsp3) is 0.167. The van der Waals surface area contributed by atoms with Gasteiger partial charge in [-0.1, -0.05) is 0 Å². The molecule has 1 heterocycles. The number of hydrogen-bond acceptors (Lipinski definition) is 6. The number of benzene rings is 1. The molecular weight excluding hydrogens is 326 g/mol. The second-order valence-electron chi connectivity index (χ2n) is 4.08. The molecule has 0 fully saturated rings. The van der Waals surface area contributed by atoms with Crippen LogP contribution >= 0.6 is 24.4 Å². The Morgan fingerprint density at radius 3 is 2.64 bits per heavy atom. The van der Waals surface area contributed by atoms with Crippen molar-refractivity contribution in [3.63, 3.8) is 0 Å². The number of H-pyrrole nitrogens is 2. The molecular formula is C12H13N5O3S2. The lowest BCUT2D eigenvalue weighted by molar-refractivity contribution is -0.119. The lowest BCUT2D eigenvalue weighted by Gasteiger charge is -2.09. The molecule has 116 valence electrons. The molecule has 4 N–H and O–H groups in total. The highest BCUT2D eigenvalue weighted by Gasteiger charge is 2.06. The normalized spacial score (nSPS) is 10.8. The molecule has 0 spiro atoms. The van der Waals surface area contributed by atoms with Crippen LogP contribution in [0.1, 0.15) is 5.56 Å². The minimum Gasteiger partial charge on any atom is -0.493 e. The van der Waals surface area contributed by atoms with E-state index in [9.17, 15) is 4.79 Å². The SMILES string of the molecule is COc1cc(/C=N\n2c(=S)[nH][nH]c2=S)ccc1OCC(N)=O. The van der Waals surface area contributed by atoms with E-state index in [0.29, 0.717) is 21.0 Å². The zero-order valence-electron chi connectivity index (χ0n) is 11.5. The summed E-state index contributed by atoms with van der Waals surface area (Å²) in [4.78, 5) is 10.7. The van der Waals surface area contributed by atoms with Crippen molar-refractivity contribution >= 4 is 36.6 Å². The van der Waals surface area contributed by atoms with Gasteiger partial charge in [0.1, 0.15) is 0 Å². The maximum absolute atomic E-state index is 10.7. The number of aromatic amines is 2. The van der Waals surface area contributed by atoms with Crippen LogP contribution in [0.25, 0.3) is 0 Å². The van der Waals surface area contributed by atoms with E-state index in [1.54, 1.807) is 24.4 Å². The molecule has 8 nitrogen and oxygen atoms in total. The summed E-state index contributed by atoms with van der Waals surface area (Å²) in [5.41, 5.74) is 5.77.